The lowest BCUT2D eigenvalue weighted by atomic mass is 10.1. The van der Waals surface area contributed by atoms with Gasteiger partial charge in [-0.1, -0.05) is 0 Å². The van der Waals surface area contributed by atoms with E-state index in [1.165, 1.54) is 0 Å². The van der Waals surface area contributed by atoms with Crippen molar-refractivity contribution >= 4 is 12.0 Å². The second kappa shape index (κ2) is 7.99. The third-order valence-electron chi connectivity index (χ3n) is 3.26. The van der Waals surface area contributed by atoms with Crippen LogP contribution in [-0.2, 0) is 9.53 Å². The molecule has 0 aromatic rings. The molecule has 1 rings (SSSR count). The molecule has 1 aliphatic rings. The molecule has 1 heterocycles. The van der Waals surface area contributed by atoms with Gasteiger partial charge in [0.25, 0.3) is 0 Å². The second-order valence-electron chi connectivity index (χ2n) is 4.87. The minimum atomic E-state index is -0.824. The van der Waals surface area contributed by atoms with Gasteiger partial charge in [0, 0.05) is 39.7 Å². The molecule has 0 aliphatic carbocycles. The fourth-order valence-electron chi connectivity index (χ4n) is 2.29. The Morgan fingerprint density at radius 1 is 1.47 bits per heavy atom. The van der Waals surface area contributed by atoms with Crippen LogP contribution in [0.15, 0.2) is 0 Å². The first kappa shape index (κ1) is 15.8. The van der Waals surface area contributed by atoms with Crippen molar-refractivity contribution in [1.82, 2.24) is 9.80 Å². The summed E-state index contributed by atoms with van der Waals surface area (Å²) in [4.78, 5) is 26.0. The molecule has 0 aromatic carbocycles. The molecule has 0 saturated carbocycles. The standard InChI is InChI=1S/C13H24N2O4/c1-3-19-11-6-4-9-15(10-11)13(18)14(2)8-5-7-12(16)17/h11H,3-10H2,1-2H3,(H,16,17). The highest BCUT2D eigenvalue weighted by Gasteiger charge is 2.25. The van der Waals surface area contributed by atoms with Gasteiger partial charge >= 0.3 is 12.0 Å². The molecule has 0 aromatic heterocycles. The van der Waals surface area contributed by atoms with E-state index in [0.717, 1.165) is 19.4 Å². The summed E-state index contributed by atoms with van der Waals surface area (Å²) in [6.07, 6.45) is 2.68. The van der Waals surface area contributed by atoms with Crippen LogP contribution < -0.4 is 0 Å². The highest BCUT2D eigenvalue weighted by molar-refractivity contribution is 5.74. The monoisotopic (exact) mass is 272 g/mol. The normalized spacial score (nSPS) is 19.3. The van der Waals surface area contributed by atoms with Crippen molar-refractivity contribution in [2.45, 2.75) is 38.7 Å². The first-order valence-corrected chi connectivity index (χ1v) is 6.88. The molecule has 0 spiro atoms. The zero-order chi connectivity index (χ0) is 14.3. The Morgan fingerprint density at radius 2 is 2.21 bits per heavy atom. The Bertz CT molecular complexity index is 307. The van der Waals surface area contributed by atoms with Crippen molar-refractivity contribution < 1.29 is 19.4 Å². The predicted octanol–water partition coefficient (Wildman–Crippen LogP) is 1.40. The number of hydrogen-bond acceptors (Lipinski definition) is 3. The first-order chi connectivity index (χ1) is 9.04. The fraction of sp³-hybridized carbons (Fsp3) is 0.846. The van der Waals surface area contributed by atoms with Crippen molar-refractivity contribution in [3.63, 3.8) is 0 Å². The van der Waals surface area contributed by atoms with Gasteiger partial charge in [0.15, 0.2) is 0 Å². The molecule has 1 atom stereocenters. The molecule has 0 radical (unpaired) electrons. The average Bonchev–Trinajstić information content (AvgIpc) is 2.38. The molecule has 6 nitrogen and oxygen atoms in total. The van der Waals surface area contributed by atoms with Crippen LogP contribution in [0.1, 0.15) is 32.6 Å². The van der Waals surface area contributed by atoms with Crippen LogP contribution in [0, 0.1) is 0 Å². The number of carboxylic acids is 1. The highest BCUT2D eigenvalue weighted by Crippen LogP contribution is 2.14. The van der Waals surface area contributed by atoms with Crippen molar-refractivity contribution in [1.29, 1.82) is 0 Å². The highest BCUT2D eigenvalue weighted by atomic mass is 16.5. The number of piperidine rings is 1. The Hall–Kier alpha value is -1.30. The van der Waals surface area contributed by atoms with Crippen molar-refractivity contribution in [3.8, 4) is 0 Å². The van der Waals surface area contributed by atoms with Crippen molar-refractivity contribution in [2.75, 3.05) is 33.3 Å². The van der Waals surface area contributed by atoms with Crippen LogP contribution in [0.4, 0.5) is 4.79 Å². The predicted molar refractivity (Wildman–Crippen MR) is 71.1 cm³/mol. The number of ether oxygens (including phenoxy) is 1. The molecule has 19 heavy (non-hydrogen) atoms. The fourth-order valence-corrected chi connectivity index (χ4v) is 2.29. The van der Waals surface area contributed by atoms with Crippen molar-refractivity contribution in [2.24, 2.45) is 0 Å². The van der Waals surface area contributed by atoms with Crippen LogP contribution in [0.3, 0.4) is 0 Å². The number of amides is 2. The SMILES string of the molecule is CCOC1CCCN(C(=O)N(C)CCCC(=O)O)C1. The summed E-state index contributed by atoms with van der Waals surface area (Å²) >= 11 is 0. The van der Waals surface area contributed by atoms with E-state index in [9.17, 15) is 9.59 Å². The number of carbonyl (C=O) groups excluding carboxylic acids is 1. The molecule has 2 amide bonds. The summed E-state index contributed by atoms with van der Waals surface area (Å²) in [7, 11) is 1.72. The Balaban J connectivity index is 2.36. The van der Waals surface area contributed by atoms with Gasteiger partial charge in [-0.3, -0.25) is 4.79 Å². The van der Waals surface area contributed by atoms with Gasteiger partial charge in [0.2, 0.25) is 0 Å². The Labute approximate surface area is 114 Å². The van der Waals surface area contributed by atoms with Gasteiger partial charge in [-0.25, -0.2) is 4.79 Å². The number of carbonyl (C=O) groups is 2. The summed E-state index contributed by atoms with van der Waals surface area (Å²) in [5.41, 5.74) is 0. The van der Waals surface area contributed by atoms with Crippen LogP contribution in [-0.4, -0.2) is 66.3 Å². The van der Waals surface area contributed by atoms with Crippen LogP contribution in [0.2, 0.25) is 0 Å². The molecule has 1 aliphatic heterocycles. The van der Waals surface area contributed by atoms with E-state index < -0.39 is 5.97 Å². The lowest BCUT2D eigenvalue weighted by molar-refractivity contribution is -0.137. The van der Waals surface area contributed by atoms with E-state index in [1.54, 1.807) is 16.8 Å². The molecule has 1 N–H and O–H groups in total. The molecule has 0 bridgehead atoms. The lowest BCUT2D eigenvalue weighted by Gasteiger charge is -2.35. The van der Waals surface area contributed by atoms with E-state index in [4.69, 9.17) is 9.84 Å². The van der Waals surface area contributed by atoms with E-state index in [-0.39, 0.29) is 18.6 Å². The maximum atomic E-state index is 12.2. The Kier molecular flexibility index (Phi) is 6.62. The van der Waals surface area contributed by atoms with E-state index in [1.807, 2.05) is 6.92 Å². The lowest BCUT2D eigenvalue weighted by Crippen LogP contribution is -2.48. The summed E-state index contributed by atoms with van der Waals surface area (Å²) < 4.78 is 5.57. The minimum absolute atomic E-state index is 0.0326. The molecular formula is C13H24N2O4. The number of nitrogens with zero attached hydrogens (tertiary/aromatic N) is 2. The second-order valence-corrected chi connectivity index (χ2v) is 4.87. The van der Waals surface area contributed by atoms with Gasteiger partial charge in [0.1, 0.15) is 0 Å². The molecule has 110 valence electrons. The minimum Gasteiger partial charge on any atom is -0.481 e. The zero-order valence-corrected chi connectivity index (χ0v) is 11.8. The van der Waals surface area contributed by atoms with Crippen LogP contribution in [0.5, 0.6) is 0 Å². The van der Waals surface area contributed by atoms with E-state index in [0.29, 0.717) is 26.1 Å². The number of aliphatic carboxylic acids is 1. The summed E-state index contributed by atoms with van der Waals surface area (Å²) in [6.45, 7) is 4.49. The zero-order valence-electron chi connectivity index (χ0n) is 11.8. The molecular weight excluding hydrogens is 248 g/mol. The van der Waals surface area contributed by atoms with Gasteiger partial charge in [-0.15, -0.1) is 0 Å². The van der Waals surface area contributed by atoms with Gasteiger partial charge in [-0.2, -0.15) is 0 Å². The van der Waals surface area contributed by atoms with Gasteiger partial charge < -0.3 is 19.6 Å². The van der Waals surface area contributed by atoms with Crippen LogP contribution in [0.25, 0.3) is 0 Å². The van der Waals surface area contributed by atoms with Gasteiger partial charge in [0.05, 0.1) is 6.10 Å². The average molecular weight is 272 g/mol. The van der Waals surface area contributed by atoms with Gasteiger partial charge in [-0.05, 0) is 26.2 Å². The van der Waals surface area contributed by atoms with Crippen LogP contribution >= 0.6 is 0 Å². The molecule has 1 saturated heterocycles. The molecule has 1 unspecified atom stereocenters. The third-order valence-corrected chi connectivity index (χ3v) is 3.26. The van der Waals surface area contributed by atoms with E-state index >= 15 is 0 Å². The number of rotatable bonds is 6. The van der Waals surface area contributed by atoms with Crippen molar-refractivity contribution in [3.05, 3.63) is 0 Å². The topological polar surface area (TPSA) is 70.1 Å². The summed E-state index contributed by atoms with van der Waals surface area (Å²) in [6, 6.07) is -0.0326. The smallest absolute Gasteiger partial charge is 0.319 e. The summed E-state index contributed by atoms with van der Waals surface area (Å²) in [5.74, 6) is -0.824. The third kappa shape index (κ3) is 5.46. The Morgan fingerprint density at radius 3 is 2.84 bits per heavy atom. The first-order valence-electron chi connectivity index (χ1n) is 6.88. The maximum absolute atomic E-state index is 12.2. The number of urea groups is 1. The largest absolute Gasteiger partial charge is 0.481 e. The number of carboxylic acid groups (broad SMARTS) is 1. The maximum Gasteiger partial charge on any atom is 0.319 e. The van der Waals surface area contributed by atoms with E-state index in [2.05, 4.69) is 0 Å². The number of likely N-dealkylation sites (tertiary alicyclic amines) is 1. The summed E-state index contributed by atoms with van der Waals surface area (Å²) in [5, 5.41) is 8.58. The quantitative estimate of drug-likeness (QED) is 0.793. The molecule has 1 fully saturated rings. The molecule has 6 heteroatoms. The number of hydrogen-bond donors (Lipinski definition) is 1.